The van der Waals surface area contributed by atoms with Crippen molar-refractivity contribution in [3.05, 3.63) is 94.8 Å². The van der Waals surface area contributed by atoms with Crippen molar-refractivity contribution in [3.8, 4) is 11.5 Å². The van der Waals surface area contributed by atoms with Crippen LogP contribution in [0.1, 0.15) is 48.1 Å². The maximum Gasteiger partial charge on any atom is 0.295 e. The molecule has 2 aromatic carbocycles. The Morgan fingerprint density at radius 3 is 2.44 bits per heavy atom. The van der Waals surface area contributed by atoms with Gasteiger partial charge >= 0.3 is 0 Å². The first kappa shape index (κ1) is 21.7. The summed E-state index contributed by atoms with van der Waals surface area (Å²) < 4.78 is 10.8. The summed E-state index contributed by atoms with van der Waals surface area (Å²) in [5.74, 6) is -0.236. The van der Waals surface area contributed by atoms with Crippen LogP contribution in [0.5, 0.6) is 11.5 Å². The molecule has 2 aliphatic heterocycles. The third kappa shape index (κ3) is 3.79. The van der Waals surface area contributed by atoms with Gasteiger partial charge in [-0.25, -0.2) is 0 Å². The number of likely N-dealkylation sites (tertiary alicyclic amines) is 1. The molecule has 1 fully saturated rings. The molecular weight excluding hydrogens is 432 g/mol. The first-order chi connectivity index (χ1) is 16.4. The van der Waals surface area contributed by atoms with E-state index in [-0.39, 0.29) is 24.7 Å². The van der Waals surface area contributed by atoms with E-state index in [1.54, 1.807) is 42.7 Å². The average molecular weight is 456 g/mol. The van der Waals surface area contributed by atoms with Gasteiger partial charge in [0.05, 0.1) is 11.6 Å². The topological polar surface area (TPSA) is 89.0 Å². The highest BCUT2D eigenvalue weighted by Gasteiger charge is 2.46. The lowest BCUT2D eigenvalue weighted by molar-refractivity contribution is -0.140. The highest BCUT2D eigenvalue weighted by atomic mass is 16.7. The standard InChI is InChI=1S/C27H24N2O5/c1-16(2)18-3-5-19(6-4-18)24-23(25(30)20-7-8-21-22(13-20)34-15-33-21)26(31)27(32)29(24)14-17-9-11-28-12-10-17/h3-13,16,24,30H,14-15H2,1-2H3/b25-23-. The molecular formula is C27H24N2O5. The van der Waals surface area contributed by atoms with Gasteiger partial charge in [0.2, 0.25) is 6.79 Å². The molecule has 1 unspecified atom stereocenters. The average Bonchev–Trinajstić information content (AvgIpc) is 3.42. The van der Waals surface area contributed by atoms with Crippen LogP contribution in [-0.4, -0.2) is 33.5 Å². The number of benzene rings is 2. The van der Waals surface area contributed by atoms with Crippen molar-refractivity contribution in [1.82, 2.24) is 9.88 Å². The SMILES string of the molecule is CC(C)c1ccc(C2/C(=C(/O)c3ccc4c(c3)OCO4)C(=O)C(=O)N2Cc2ccncc2)cc1. The third-order valence-electron chi connectivity index (χ3n) is 6.21. The number of fused-ring (bicyclic) bond motifs is 1. The van der Waals surface area contributed by atoms with E-state index in [0.717, 1.165) is 16.7 Å². The Labute approximate surface area is 197 Å². The van der Waals surface area contributed by atoms with E-state index < -0.39 is 17.7 Å². The molecule has 0 radical (unpaired) electrons. The maximum atomic E-state index is 13.2. The Balaban J connectivity index is 1.63. The van der Waals surface area contributed by atoms with E-state index in [1.165, 1.54) is 4.90 Å². The number of rotatable bonds is 5. The largest absolute Gasteiger partial charge is 0.507 e. The molecule has 0 bridgehead atoms. The molecule has 7 heteroatoms. The molecule has 0 aliphatic carbocycles. The van der Waals surface area contributed by atoms with Crippen LogP contribution in [-0.2, 0) is 16.1 Å². The minimum atomic E-state index is -0.736. The summed E-state index contributed by atoms with van der Waals surface area (Å²) in [6.07, 6.45) is 3.29. The van der Waals surface area contributed by atoms with Crippen LogP contribution in [0.3, 0.4) is 0 Å². The van der Waals surface area contributed by atoms with E-state index in [0.29, 0.717) is 23.0 Å². The summed E-state index contributed by atoms with van der Waals surface area (Å²) in [5.41, 5.74) is 3.17. The van der Waals surface area contributed by atoms with Crippen LogP contribution >= 0.6 is 0 Å². The number of nitrogens with zero attached hydrogens (tertiary/aromatic N) is 2. The number of carbonyl (C=O) groups is 2. The summed E-state index contributed by atoms with van der Waals surface area (Å²) in [5, 5.41) is 11.3. The molecule has 3 heterocycles. The first-order valence-electron chi connectivity index (χ1n) is 11.1. The fraction of sp³-hybridized carbons (Fsp3) is 0.222. The lowest BCUT2D eigenvalue weighted by Crippen LogP contribution is -2.29. The maximum absolute atomic E-state index is 13.2. The van der Waals surface area contributed by atoms with Crippen molar-refractivity contribution in [3.63, 3.8) is 0 Å². The highest BCUT2D eigenvalue weighted by molar-refractivity contribution is 6.46. The van der Waals surface area contributed by atoms with Crippen molar-refractivity contribution in [1.29, 1.82) is 0 Å². The van der Waals surface area contributed by atoms with Gasteiger partial charge in [0.25, 0.3) is 11.7 Å². The van der Waals surface area contributed by atoms with E-state index in [9.17, 15) is 14.7 Å². The second kappa shape index (κ2) is 8.67. The molecule has 172 valence electrons. The molecule has 1 saturated heterocycles. The number of ketones is 1. The number of carbonyl (C=O) groups excluding carboxylic acids is 2. The summed E-state index contributed by atoms with van der Waals surface area (Å²) in [7, 11) is 0. The minimum absolute atomic E-state index is 0.0511. The number of hydrogen-bond acceptors (Lipinski definition) is 6. The number of pyridine rings is 1. The van der Waals surface area contributed by atoms with Crippen molar-refractivity contribution in [2.45, 2.75) is 32.4 Å². The number of Topliss-reactive ketones (excluding diaryl/α,β-unsaturated/α-hetero) is 1. The Kier molecular flexibility index (Phi) is 5.53. The second-order valence-corrected chi connectivity index (χ2v) is 8.67. The number of aliphatic hydroxyl groups excluding tert-OH is 1. The van der Waals surface area contributed by atoms with Crippen molar-refractivity contribution >= 4 is 17.4 Å². The van der Waals surface area contributed by atoms with Crippen LogP contribution in [0, 0.1) is 0 Å². The molecule has 2 aliphatic rings. The normalized spacial score (nSPS) is 18.7. The summed E-state index contributed by atoms with van der Waals surface area (Å²) in [4.78, 5) is 31.9. The van der Waals surface area contributed by atoms with E-state index in [4.69, 9.17) is 9.47 Å². The van der Waals surface area contributed by atoms with E-state index >= 15 is 0 Å². The zero-order chi connectivity index (χ0) is 23.8. The van der Waals surface area contributed by atoms with Crippen LogP contribution in [0.2, 0.25) is 0 Å². The molecule has 7 nitrogen and oxygen atoms in total. The van der Waals surface area contributed by atoms with Crippen LogP contribution in [0.15, 0.2) is 72.6 Å². The monoisotopic (exact) mass is 456 g/mol. The number of hydrogen-bond donors (Lipinski definition) is 1. The number of aromatic nitrogens is 1. The predicted molar refractivity (Wildman–Crippen MR) is 125 cm³/mol. The van der Waals surface area contributed by atoms with Gasteiger partial charge in [-0.1, -0.05) is 38.1 Å². The Morgan fingerprint density at radius 1 is 1.03 bits per heavy atom. The van der Waals surface area contributed by atoms with Crippen LogP contribution in [0.4, 0.5) is 0 Å². The van der Waals surface area contributed by atoms with Gasteiger partial charge in [0, 0.05) is 24.5 Å². The molecule has 1 atom stereocenters. The molecule has 1 N–H and O–H groups in total. The van der Waals surface area contributed by atoms with E-state index in [1.807, 2.05) is 24.3 Å². The summed E-state index contributed by atoms with van der Waals surface area (Å²) in [6.45, 7) is 4.51. The van der Waals surface area contributed by atoms with Crippen molar-refractivity contribution in [2.24, 2.45) is 0 Å². The molecule has 0 spiro atoms. The van der Waals surface area contributed by atoms with Gasteiger partial charge in [-0.05, 0) is 52.9 Å². The zero-order valence-electron chi connectivity index (χ0n) is 18.9. The highest BCUT2D eigenvalue weighted by Crippen LogP contribution is 2.42. The Morgan fingerprint density at radius 2 is 1.74 bits per heavy atom. The number of amides is 1. The van der Waals surface area contributed by atoms with Gasteiger partial charge in [0.1, 0.15) is 5.76 Å². The third-order valence-corrected chi connectivity index (χ3v) is 6.21. The quantitative estimate of drug-likeness (QED) is 0.344. The molecule has 34 heavy (non-hydrogen) atoms. The molecule has 1 aromatic heterocycles. The Hall–Kier alpha value is -4.13. The van der Waals surface area contributed by atoms with Gasteiger partial charge in [0.15, 0.2) is 11.5 Å². The number of ether oxygens (including phenoxy) is 2. The fourth-order valence-electron chi connectivity index (χ4n) is 4.34. The van der Waals surface area contributed by atoms with Gasteiger partial charge in [-0.15, -0.1) is 0 Å². The van der Waals surface area contributed by atoms with Gasteiger partial charge in [-0.2, -0.15) is 0 Å². The lowest BCUT2D eigenvalue weighted by atomic mass is 9.93. The molecule has 3 aromatic rings. The molecule has 0 saturated carbocycles. The van der Waals surface area contributed by atoms with Crippen molar-refractivity contribution in [2.75, 3.05) is 6.79 Å². The summed E-state index contributed by atoms with van der Waals surface area (Å²) >= 11 is 0. The molecule has 1 amide bonds. The van der Waals surface area contributed by atoms with Crippen LogP contribution < -0.4 is 9.47 Å². The smallest absolute Gasteiger partial charge is 0.295 e. The Bertz CT molecular complexity index is 1280. The lowest BCUT2D eigenvalue weighted by Gasteiger charge is -2.25. The zero-order valence-corrected chi connectivity index (χ0v) is 18.9. The predicted octanol–water partition coefficient (Wildman–Crippen LogP) is 4.56. The summed E-state index contributed by atoms with van der Waals surface area (Å²) in [6, 6.07) is 15.6. The van der Waals surface area contributed by atoms with Crippen LogP contribution in [0.25, 0.3) is 5.76 Å². The second-order valence-electron chi connectivity index (χ2n) is 8.67. The fourth-order valence-corrected chi connectivity index (χ4v) is 4.34. The first-order valence-corrected chi connectivity index (χ1v) is 11.1. The number of aliphatic hydroxyl groups is 1. The van der Waals surface area contributed by atoms with Gasteiger partial charge in [-0.3, -0.25) is 14.6 Å². The van der Waals surface area contributed by atoms with Crippen molar-refractivity contribution < 1.29 is 24.2 Å². The minimum Gasteiger partial charge on any atom is -0.507 e. The van der Waals surface area contributed by atoms with Gasteiger partial charge < -0.3 is 19.5 Å². The molecule has 5 rings (SSSR count). The van der Waals surface area contributed by atoms with E-state index in [2.05, 4.69) is 18.8 Å².